The van der Waals surface area contributed by atoms with E-state index in [9.17, 15) is 8.42 Å². The van der Waals surface area contributed by atoms with Crippen LogP contribution in [0.2, 0.25) is 0 Å². The van der Waals surface area contributed by atoms with Crippen LogP contribution in [0.3, 0.4) is 0 Å². The van der Waals surface area contributed by atoms with E-state index in [0.717, 1.165) is 12.8 Å². The lowest BCUT2D eigenvalue weighted by molar-refractivity contribution is 0.338. The second kappa shape index (κ2) is 2.45. The van der Waals surface area contributed by atoms with E-state index in [2.05, 4.69) is 5.32 Å². The topological polar surface area (TPSA) is 46.2 Å². The van der Waals surface area contributed by atoms with Gasteiger partial charge in [-0.25, -0.2) is 8.42 Å². The minimum atomic E-state index is -2.70. The summed E-state index contributed by atoms with van der Waals surface area (Å²) in [7, 11) is -2.70. The predicted octanol–water partition coefficient (Wildman–Crippen LogP) is -0.0745. The van der Waals surface area contributed by atoms with E-state index in [-0.39, 0.29) is 12.1 Å². The van der Waals surface area contributed by atoms with E-state index in [4.69, 9.17) is 0 Å². The average Bonchev–Trinajstić information content (AvgIpc) is 1.82. The Labute approximate surface area is 67.1 Å². The van der Waals surface area contributed by atoms with Crippen molar-refractivity contribution in [2.75, 3.05) is 11.5 Å². The second-order valence-electron chi connectivity index (χ2n) is 3.57. The van der Waals surface area contributed by atoms with Gasteiger partial charge in [-0.2, -0.15) is 0 Å². The van der Waals surface area contributed by atoms with Crippen LogP contribution in [0.5, 0.6) is 0 Å². The Morgan fingerprint density at radius 1 is 1.09 bits per heavy atom. The highest BCUT2D eigenvalue weighted by Crippen LogP contribution is 2.20. The molecule has 0 aromatic carbocycles. The van der Waals surface area contributed by atoms with Crippen molar-refractivity contribution in [1.29, 1.82) is 0 Å². The van der Waals surface area contributed by atoms with Crippen molar-refractivity contribution < 1.29 is 8.42 Å². The minimum absolute atomic E-state index is 0.257. The Hall–Kier alpha value is -0.0900. The molecule has 4 heteroatoms. The Morgan fingerprint density at radius 2 is 1.64 bits per heavy atom. The summed E-state index contributed by atoms with van der Waals surface area (Å²) in [5, 5.41) is 3.33. The lowest BCUT2D eigenvalue weighted by Gasteiger charge is -2.35. The van der Waals surface area contributed by atoms with Crippen molar-refractivity contribution in [3.8, 4) is 0 Å². The first-order valence-corrected chi connectivity index (χ1v) is 5.94. The largest absolute Gasteiger partial charge is 0.309 e. The zero-order valence-corrected chi connectivity index (χ0v) is 7.23. The Bertz CT molecular complexity index is 229. The highest BCUT2D eigenvalue weighted by Gasteiger charge is 2.33. The van der Waals surface area contributed by atoms with Crippen LogP contribution in [0.4, 0.5) is 0 Å². The van der Waals surface area contributed by atoms with E-state index >= 15 is 0 Å². The number of hydrogen-bond acceptors (Lipinski definition) is 3. The van der Waals surface area contributed by atoms with Crippen molar-refractivity contribution in [2.45, 2.75) is 31.3 Å². The molecule has 2 aliphatic rings. The van der Waals surface area contributed by atoms with E-state index in [1.165, 1.54) is 6.42 Å². The molecule has 2 aliphatic heterocycles. The van der Waals surface area contributed by atoms with Crippen molar-refractivity contribution in [1.82, 2.24) is 5.32 Å². The van der Waals surface area contributed by atoms with Gasteiger partial charge in [-0.3, -0.25) is 0 Å². The average molecular weight is 175 g/mol. The molecule has 0 saturated carbocycles. The molecule has 2 saturated heterocycles. The third kappa shape index (κ3) is 1.56. The number of hydrogen-bond donors (Lipinski definition) is 1. The summed E-state index contributed by atoms with van der Waals surface area (Å²) in [6.45, 7) is 0. The maximum absolute atomic E-state index is 11.2. The van der Waals surface area contributed by atoms with Gasteiger partial charge in [0.15, 0.2) is 9.84 Å². The summed E-state index contributed by atoms with van der Waals surface area (Å²) >= 11 is 0. The van der Waals surface area contributed by atoms with Gasteiger partial charge in [0.05, 0.1) is 11.5 Å². The van der Waals surface area contributed by atoms with Crippen LogP contribution in [0.1, 0.15) is 19.3 Å². The molecule has 64 valence electrons. The van der Waals surface area contributed by atoms with Gasteiger partial charge >= 0.3 is 0 Å². The molecule has 0 spiro atoms. The Balaban J connectivity index is 2.18. The smallest absolute Gasteiger partial charge is 0.153 e. The van der Waals surface area contributed by atoms with Gasteiger partial charge in [0.25, 0.3) is 0 Å². The summed E-state index contributed by atoms with van der Waals surface area (Å²) in [4.78, 5) is 0. The normalized spacial score (nSPS) is 41.8. The molecule has 11 heavy (non-hydrogen) atoms. The van der Waals surface area contributed by atoms with E-state index < -0.39 is 9.84 Å². The summed E-state index contributed by atoms with van der Waals surface area (Å²) in [6, 6.07) is 0.514. The van der Waals surface area contributed by atoms with Gasteiger partial charge < -0.3 is 5.32 Å². The maximum Gasteiger partial charge on any atom is 0.153 e. The molecule has 0 unspecified atom stereocenters. The highest BCUT2D eigenvalue weighted by molar-refractivity contribution is 7.91. The molecule has 2 heterocycles. The van der Waals surface area contributed by atoms with Crippen molar-refractivity contribution in [2.24, 2.45) is 0 Å². The zero-order valence-electron chi connectivity index (χ0n) is 6.41. The molecule has 2 bridgehead atoms. The van der Waals surface area contributed by atoms with Crippen LogP contribution in [0, 0.1) is 0 Å². The molecule has 3 nitrogen and oxygen atoms in total. The standard InChI is InChI=1S/C7H13NO2S/c9-11(10)4-6-2-1-3-7(5-11)8-6/h6-8H,1-5H2/t6-,7+. The fourth-order valence-electron chi connectivity index (χ4n) is 2.05. The molecule has 0 radical (unpaired) electrons. The van der Waals surface area contributed by atoms with Gasteiger partial charge in [-0.05, 0) is 12.8 Å². The summed E-state index contributed by atoms with van der Waals surface area (Å²) < 4.78 is 22.4. The molecule has 0 aliphatic carbocycles. The fourth-order valence-corrected chi connectivity index (χ4v) is 3.94. The SMILES string of the molecule is O=S1(=O)C[C@H]2CCC[C@@H](C1)N2. The molecule has 2 atom stereocenters. The summed E-state index contributed by atoms with van der Waals surface area (Å²) in [5.74, 6) is 0.729. The van der Waals surface area contributed by atoms with Crippen LogP contribution in [0.15, 0.2) is 0 Å². The van der Waals surface area contributed by atoms with Gasteiger partial charge in [0.2, 0.25) is 0 Å². The molecule has 0 aromatic rings. The van der Waals surface area contributed by atoms with Crippen molar-refractivity contribution in [3.05, 3.63) is 0 Å². The van der Waals surface area contributed by atoms with E-state index in [1.54, 1.807) is 0 Å². The van der Waals surface area contributed by atoms with Crippen LogP contribution >= 0.6 is 0 Å². The van der Waals surface area contributed by atoms with Crippen molar-refractivity contribution >= 4 is 9.84 Å². The quantitative estimate of drug-likeness (QED) is 0.560. The van der Waals surface area contributed by atoms with Gasteiger partial charge in [0, 0.05) is 12.1 Å². The molecule has 2 rings (SSSR count). The lowest BCUT2D eigenvalue weighted by Crippen LogP contribution is -2.54. The lowest BCUT2D eigenvalue weighted by atomic mass is 10.0. The number of nitrogens with one attached hydrogen (secondary N) is 1. The molecular formula is C7H13NO2S. The van der Waals surface area contributed by atoms with E-state index in [0.29, 0.717) is 11.5 Å². The molecule has 2 fully saturated rings. The maximum atomic E-state index is 11.2. The number of fused-ring (bicyclic) bond motifs is 2. The summed E-state index contributed by atoms with van der Waals surface area (Å²) in [6.07, 6.45) is 3.27. The minimum Gasteiger partial charge on any atom is -0.309 e. The first-order chi connectivity index (χ1) is 5.16. The van der Waals surface area contributed by atoms with Crippen LogP contribution in [-0.2, 0) is 9.84 Å². The van der Waals surface area contributed by atoms with Gasteiger partial charge in [-0.1, -0.05) is 6.42 Å². The first kappa shape index (κ1) is 7.55. The monoisotopic (exact) mass is 175 g/mol. The second-order valence-corrected chi connectivity index (χ2v) is 5.72. The third-order valence-electron chi connectivity index (χ3n) is 2.49. The van der Waals surface area contributed by atoms with Gasteiger partial charge in [0.1, 0.15) is 0 Å². The Morgan fingerprint density at radius 3 is 2.18 bits per heavy atom. The molecule has 1 N–H and O–H groups in total. The molecule has 0 aromatic heterocycles. The van der Waals surface area contributed by atoms with Crippen LogP contribution in [-0.4, -0.2) is 32.0 Å². The molecular weight excluding hydrogens is 162 g/mol. The number of piperidine rings is 1. The fraction of sp³-hybridized carbons (Fsp3) is 1.00. The van der Waals surface area contributed by atoms with E-state index in [1.807, 2.05) is 0 Å². The van der Waals surface area contributed by atoms with Crippen molar-refractivity contribution in [3.63, 3.8) is 0 Å². The number of sulfone groups is 1. The predicted molar refractivity (Wildman–Crippen MR) is 43.2 cm³/mol. The first-order valence-electron chi connectivity index (χ1n) is 4.12. The summed E-state index contributed by atoms with van der Waals surface area (Å²) in [5.41, 5.74) is 0. The van der Waals surface area contributed by atoms with Crippen LogP contribution < -0.4 is 5.32 Å². The van der Waals surface area contributed by atoms with Crippen LogP contribution in [0.25, 0.3) is 0 Å². The zero-order chi connectivity index (χ0) is 7.90. The Kier molecular flexibility index (Phi) is 1.68. The number of rotatable bonds is 0. The highest BCUT2D eigenvalue weighted by atomic mass is 32.2. The van der Waals surface area contributed by atoms with Gasteiger partial charge in [-0.15, -0.1) is 0 Å². The third-order valence-corrected chi connectivity index (χ3v) is 4.31. The molecule has 0 amide bonds.